The maximum Gasteiger partial charge on any atom is 0.166 e. The molecule has 0 aliphatic rings. The zero-order chi connectivity index (χ0) is 9.97. The predicted octanol–water partition coefficient (Wildman–Crippen LogP) is 0.0766. The molecule has 0 saturated carbocycles. The van der Waals surface area contributed by atoms with Crippen molar-refractivity contribution < 1.29 is 9.90 Å². The Labute approximate surface area is 80.0 Å². The van der Waals surface area contributed by atoms with E-state index in [0.717, 1.165) is 6.29 Å². The van der Waals surface area contributed by atoms with Crippen LogP contribution in [0.25, 0.3) is 5.65 Å². The number of rotatable bonds is 3. The lowest BCUT2D eigenvalue weighted by molar-refractivity contribution is 0.112. The van der Waals surface area contributed by atoms with Crippen molar-refractivity contribution in [3.63, 3.8) is 0 Å². The number of hydrogen-bond acceptors (Lipinski definition) is 4. The molecule has 2 aromatic heterocycles. The summed E-state index contributed by atoms with van der Waals surface area (Å²) in [4.78, 5) is 14.8. The second kappa shape index (κ2) is 3.55. The molecule has 0 aromatic carbocycles. The molecule has 2 heterocycles. The summed E-state index contributed by atoms with van der Waals surface area (Å²) in [5.41, 5.74) is 1.04. The van der Waals surface area contributed by atoms with E-state index in [2.05, 4.69) is 10.1 Å². The Hall–Kier alpha value is -1.75. The molecule has 2 aromatic rings. The molecule has 5 heteroatoms. The molecule has 72 valence electrons. The zero-order valence-corrected chi connectivity index (χ0v) is 7.42. The maximum atomic E-state index is 10.7. The van der Waals surface area contributed by atoms with Gasteiger partial charge in [-0.1, -0.05) is 0 Å². The van der Waals surface area contributed by atoms with Crippen LogP contribution in [0.1, 0.15) is 16.2 Å². The van der Waals surface area contributed by atoms with Gasteiger partial charge < -0.3 is 5.11 Å². The molecule has 0 bridgehead atoms. The quantitative estimate of drug-likeness (QED) is 0.697. The van der Waals surface area contributed by atoms with Crippen molar-refractivity contribution in [2.24, 2.45) is 0 Å². The zero-order valence-electron chi connectivity index (χ0n) is 7.42. The summed E-state index contributed by atoms with van der Waals surface area (Å²) in [6.45, 7) is 0.00725. The van der Waals surface area contributed by atoms with Crippen molar-refractivity contribution in [3.05, 3.63) is 29.7 Å². The molecule has 0 spiro atoms. The number of fused-ring (bicyclic) bond motifs is 1. The van der Waals surface area contributed by atoms with Crippen LogP contribution < -0.4 is 0 Å². The second-order valence-corrected chi connectivity index (χ2v) is 2.85. The third-order valence-corrected chi connectivity index (χ3v) is 1.90. The Balaban J connectivity index is 2.58. The van der Waals surface area contributed by atoms with Crippen molar-refractivity contribution in [1.82, 2.24) is 14.6 Å². The number of pyridine rings is 1. The number of carbonyl (C=O) groups is 1. The van der Waals surface area contributed by atoms with Gasteiger partial charge in [-0.2, -0.15) is 5.10 Å². The normalized spacial score (nSPS) is 10.6. The molecule has 0 aliphatic heterocycles. The fourth-order valence-electron chi connectivity index (χ4n) is 1.27. The first-order chi connectivity index (χ1) is 6.85. The van der Waals surface area contributed by atoms with Gasteiger partial charge >= 0.3 is 0 Å². The highest BCUT2D eigenvalue weighted by Gasteiger charge is 2.05. The van der Waals surface area contributed by atoms with Crippen LogP contribution in [0, 0.1) is 0 Å². The van der Waals surface area contributed by atoms with Gasteiger partial charge in [0.1, 0.15) is 0 Å². The van der Waals surface area contributed by atoms with Crippen molar-refractivity contribution in [1.29, 1.82) is 0 Å². The number of hydrogen-bond donors (Lipinski definition) is 1. The molecule has 0 radical (unpaired) electrons. The van der Waals surface area contributed by atoms with Gasteiger partial charge in [0.05, 0.1) is 12.2 Å². The van der Waals surface area contributed by atoms with Crippen LogP contribution >= 0.6 is 0 Å². The fraction of sp³-hybridized carbons (Fsp3) is 0.222. The number of aliphatic hydroxyl groups excluding tert-OH is 1. The van der Waals surface area contributed by atoms with E-state index in [1.807, 2.05) is 0 Å². The molecule has 0 fully saturated rings. The lowest BCUT2D eigenvalue weighted by atomic mass is 10.3. The first-order valence-electron chi connectivity index (χ1n) is 4.25. The minimum absolute atomic E-state index is 0.00725. The van der Waals surface area contributed by atoms with E-state index >= 15 is 0 Å². The fourth-order valence-corrected chi connectivity index (χ4v) is 1.27. The molecular weight excluding hydrogens is 182 g/mol. The molecule has 0 atom stereocenters. The molecule has 0 saturated heterocycles. The van der Waals surface area contributed by atoms with Crippen molar-refractivity contribution in [2.75, 3.05) is 6.61 Å². The van der Waals surface area contributed by atoms with E-state index in [9.17, 15) is 4.79 Å². The summed E-state index contributed by atoms with van der Waals surface area (Å²) in [7, 11) is 0. The highest BCUT2D eigenvalue weighted by atomic mass is 16.3. The van der Waals surface area contributed by atoms with Gasteiger partial charge in [-0.3, -0.25) is 4.79 Å². The third-order valence-electron chi connectivity index (χ3n) is 1.90. The van der Waals surface area contributed by atoms with E-state index in [0.29, 0.717) is 23.5 Å². The summed E-state index contributed by atoms with van der Waals surface area (Å²) >= 11 is 0. The van der Waals surface area contributed by atoms with Gasteiger partial charge in [0, 0.05) is 12.6 Å². The van der Waals surface area contributed by atoms with Gasteiger partial charge in [-0.05, 0) is 12.1 Å². The second-order valence-electron chi connectivity index (χ2n) is 2.85. The molecule has 1 N–H and O–H groups in total. The monoisotopic (exact) mass is 191 g/mol. The van der Waals surface area contributed by atoms with Crippen molar-refractivity contribution in [3.8, 4) is 0 Å². The number of carbonyl (C=O) groups excluding carboxylic acids is 1. The van der Waals surface area contributed by atoms with E-state index in [-0.39, 0.29) is 6.61 Å². The first-order valence-corrected chi connectivity index (χ1v) is 4.25. The average Bonchev–Trinajstić information content (AvgIpc) is 2.60. The van der Waals surface area contributed by atoms with Crippen molar-refractivity contribution >= 4 is 11.9 Å². The van der Waals surface area contributed by atoms with Gasteiger partial charge in [-0.25, -0.2) is 9.50 Å². The predicted molar refractivity (Wildman–Crippen MR) is 49.2 cm³/mol. The van der Waals surface area contributed by atoms with Crippen LogP contribution in [0.5, 0.6) is 0 Å². The molecule has 14 heavy (non-hydrogen) atoms. The Morgan fingerprint density at radius 1 is 1.57 bits per heavy atom. The largest absolute Gasteiger partial charge is 0.396 e. The van der Waals surface area contributed by atoms with Crippen LogP contribution in [0.2, 0.25) is 0 Å². The van der Waals surface area contributed by atoms with Crippen LogP contribution in [-0.2, 0) is 6.42 Å². The smallest absolute Gasteiger partial charge is 0.166 e. The van der Waals surface area contributed by atoms with Crippen LogP contribution in [0.15, 0.2) is 18.3 Å². The minimum atomic E-state index is 0.00725. The molecular formula is C9H9N3O2. The lowest BCUT2D eigenvalue weighted by Crippen LogP contribution is -1.93. The summed E-state index contributed by atoms with van der Waals surface area (Å²) in [5, 5.41) is 12.8. The summed E-state index contributed by atoms with van der Waals surface area (Å²) in [6.07, 6.45) is 2.86. The lowest BCUT2D eigenvalue weighted by Gasteiger charge is -1.91. The SMILES string of the molecule is O=Cc1cccn2nc(CCO)nc12. The first kappa shape index (κ1) is 8.83. The van der Waals surface area contributed by atoms with Gasteiger partial charge in [0.15, 0.2) is 17.8 Å². The Kier molecular flexibility index (Phi) is 2.24. The van der Waals surface area contributed by atoms with Gasteiger partial charge in [-0.15, -0.1) is 0 Å². The molecule has 0 aliphatic carbocycles. The van der Waals surface area contributed by atoms with Crippen LogP contribution in [0.4, 0.5) is 0 Å². The average molecular weight is 191 g/mol. The van der Waals surface area contributed by atoms with Crippen LogP contribution in [0.3, 0.4) is 0 Å². The Morgan fingerprint density at radius 3 is 3.14 bits per heavy atom. The minimum Gasteiger partial charge on any atom is -0.396 e. The maximum absolute atomic E-state index is 10.7. The summed E-state index contributed by atoms with van der Waals surface area (Å²) < 4.78 is 1.54. The Bertz CT molecular complexity index is 464. The topological polar surface area (TPSA) is 67.5 Å². The number of aliphatic hydroxyl groups is 1. The van der Waals surface area contributed by atoms with E-state index < -0.39 is 0 Å². The van der Waals surface area contributed by atoms with Crippen molar-refractivity contribution in [2.45, 2.75) is 6.42 Å². The summed E-state index contributed by atoms with van der Waals surface area (Å²) in [6, 6.07) is 3.41. The molecule has 5 nitrogen and oxygen atoms in total. The van der Waals surface area contributed by atoms with Gasteiger partial charge in [0.25, 0.3) is 0 Å². The number of nitrogens with zero attached hydrogens (tertiary/aromatic N) is 3. The van der Waals surface area contributed by atoms with Gasteiger partial charge in [0.2, 0.25) is 0 Å². The van der Waals surface area contributed by atoms with E-state index in [4.69, 9.17) is 5.11 Å². The molecule has 2 rings (SSSR count). The Morgan fingerprint density at radius 2 is 2.43 bits per heavy atom. The van der Waals surface area contributed by atoms with Crippen LogP contribution in [-0.4, -0.2) is 32.6 Å². The van der Waals surface area contributed by atoms with E-state index in [1.54, 1.807) is 18.3 Å². The third kappa shape index (κ3) is 1.38. The molecule has 0 unspecified atom stereocenters. The summed E-state index contributed by atoms with van der Waals surface area (Å²) in [5.74, 6) is 0.543. The highest BCUT2D eigenvalue weighted by Crippen LogP contribution is 2.06. The number of aldehydes is 1. The standard InChI is InChI=1S/C9H9N3O2/c13-5-3-8-10-9-7(6-14)2-1-4-12(9)11-8/h1-2,4,6,13H,3,5H2. The van der Waals surface area contributed by atoms with E-state index in [1.165, 1.54) is 4.52 Å². The highest BCUT2D eigenvalue weighted by molar-refractivity contribution is 5.83. The number of aromatic nitrogens is 3. The molecule has 0 amide bonds.